The van der Waals surface area contributed by atoms with Crippen molar-refractivity contribution in [1.82, 2.24) is 5.32 Å². The fourth-order valence-electron chi connectivity index (χ4n) is 4.36. The van der Waals surface area contributed by atoms with Crippen molar-refractivity contribution in [2.75, 3.05) is 34.5 Å². The predicted molar refractivity (Wildman–Crippen MR) is 133 cm³/mol. The number of ether oxygens (including phenoxy) is 5. The SMILES string of the molecule is CCOc1cc2c(cc(=O)c1OCC)[C@@H](NC(C)=O)CCc1c(Br)c(OC)c(OC)c(OC)c1-2. The zero-order valence-corrected chi connectivity index (χ0v) is 21.9. The molecule has 0 aliphatic heterocycles. The number of methoxy groups -OCH3 is 3. The number of hydrogen-bond donors (Lipinski definition) is 1. The van der Waals surface area contributed by atoms with Gasteiger partial charge in [-0.05, 0) is 71.4 Å². The van der Waals surface area contributed by atoms with E-state index in [1.807, 2.05) is 6.92 Å². The van der Waals surface area contributed by atoms with Crippen LogP contribution in [0.2, 0.25) is 0 Å². The molecule has 3 rings (SSSR count). The van der Waals surface area contributed by atoms with Gasteiger partial charge in [-0.1, -0.05) is 0 Å². The maximum atomic E-state index is 13.3. The van der Waals surface area contributed by atoms with Crippen LogP contribution in [0, 0.1) is 0 Å². The molecule has 34 heavy (non-hydrogen) atoms. The molecular weight excluding hydrogens is 506 g/mol. The van der Waals surface area contributed by atoms with Crippen LogP contribution in [-0.2, 0) is 11.2 Å². The second kappa shape index (κ2) is 11.0. The monoisotopic (exact) mass is 535 g/mol. The van der Waals surface area contributed by atoms with Crippen molar-refractivity contribution in [2.24, 2.45) is 0 Å². The molecule has 1 aliphatic rings. The number of hydrogen-bond acceptors (Lipinski definition) is 7. The van der Waals surface area contributed by atoms with Gasteiger partial charge in [0, 0.05) is 12.5 Å². The van der Waals surface area contributed by atoms with Gasteiger partial charge >= 0.3 is 0 Å². The molecule has 0 unspecified atom stereocenters. The van der Waals surface area contributed by atoms with Gasteiger partial charge in [-0.2, -0.15) is 0 Å². The second-order valence-corrected chi connectivity index (χ2v) is 8.43. The van der Waals surface area contributed by atoms with E-state index in [1.165, 1.54) is 20.1 Å². The smallest absolute Gasteiger partial charge is 0.224 e. The van der Waals surface area contributed by atoms with Gasteiger partial charge in [-0.15, -0.1) is 0 Å². The number of nitrogens with one attached hydrogen (secondary N) is 1. The van der Waals surface area contributed by atoms with E-state index < -0.39 is 6.04 Å². The Bertz CT molecular complexity index is 1150. The lowest BCUT2D eigenvalue weighted by atomic mass is 9.95. The van der Waals surface area contributed by atoms with Crippen LogP contribution in [0.3, 0.4) is 0 Å². The minimum atomic E-state index is -0.419. The quantitative estimate of drug-likeness (QED) is 0.534. The first-order valence-corrected chi connectivity index (χ1v) is 11.9. The molecule has 0 saturated carbocycles. The number of fused-ring (bicyclic) bond motifs is 3. The molecule has 0 heterocycles. The maximum Gasteiger partial charge on any atom is 0.224 e. The first kappa shape index (κ1) is 25.7. The summed E-state index contributed by atoms with van der Waals surface area (Å²) in [4.78, 5) is 25.4. The first-order valence-electron chi connectivity index (χ1n) is 11.1. The van der Waals surface area contributed by atoms with Crippen LogP contribution < -0.4 is 34.4 Å². The van der Waals surface area contributed by atoms with Crippen molar-refractivity contribution in [1.29, 1.82) is 0 Å². The Morgan fingerprint density at radius 2 is 1.65 bits per heavy atom. The van der Waals surface area contributed by atoms with Crippen LogP contribution in [-0.4, -0.2) is 40.5 Å². The van der Waals surface area contributed by atoms with E-state index in [-0.39, 0.29) is 17.1 Å². The Morgan fingerprint density at radius 3 is 2.21 bits per heavy atom. The largest absolute Gasteiger partial charge is 0.492 e. The highest BCUT2D eigenvalue weighted by molar-refractivity contribution is 9.10. The molecular formula is C25H30BrNO7. The first-order chi connectivity index (χ1) is 16.3. The molecule has 0 bridgehead atoms. The van der Waals surface area contributed by atoms with E-state index in [0.717, 1.165) is 11.1 Å². The maximum absolute atomic E-state index is 13.3. The predicted octanol–water partition coefficient (Wildman–Crippen LogP) is 4.42. The molecule has 1 amide bonds. The van der Waals surface area contributed by atoms with Gasteiger partial charge < -0.3 is 29.0 Å². The molecule has 0 spiro atoms. The van der Waals surface area contributed by atoms with Gasteiger partial charge in [0.15, 0.2) is 17.2 Å². The Balaban J connectivity index is 2.54. The molecule has 1 atom stereocenters. The zero-order chi connectivity index (χ0) is 25.0. The Morgan fingerprint density at radius 1 is 1.00 bits per heavy atom. The van der Waals surface area contributed by atoms with Crippen molar-refractivity contribution in [2.45, 2.75) is 39.7 Å². The molecule has 0 fully saturated rings. The fourth-order valence-corrected chi connectivity index (χ4v) is 5.10. The standard InChI is InChI=1S/C25H30BrNO7/c1-7-33-19-12-16-15(11-18(29)22(19)34-8-2)17(27-13(3)28)10-9-14-20(16)23(30-4)25(32-6)24(31-5)21(14)26/h11-12,17H,7-10H2,1-6H3,(H,27,28)/t17-/m0/s1. The molecule has 2 aromatic rings. The van der Waals surface area contributed by atoms with Crippen molar-refractivity contribution >= 4 is 21.8 Å². The number of rotatable bonds is 8. The highest BCUT2D eigenvalue weighted by Crippen LogP contribution is 2.54. The van der Waals surface area contributed by atoms with Gasteiger partial charge in [-0.3, -0.25) is 9.59 Å². The normalized spacial score (nSPS) is 14.3. The lowest BCUT2D eigenvalue weighted by Gasteiger charge is -2.21. The summed E-state index contributed by atoms with van der Waals surface area (Å²) in [6, 6.07) is 2.88. The minimum Gasteiger partial charge on any atom is -0.492 e. The van der Waals surface area contributed by atoms with Gasteiger partial charge in [-0.25, -0.2) is 0 Å². The van der Waals surface area contributed by atoms with E-state index in [4.69, 9.17) is 23.7 Å². The third-order valence-corrected chi connectivity index (χ3v) is 6.47. The van der Waals surface area contributed by atoms with Crippen molar-refractivity contribution in [3.8, 4) is 39.9 Å². The number of benzene rings is 1. The lowest BCUT2D eigenvalue weighted by Crippen LogP contribution is -2.26. The van der Waals surface area contributed by atoms with Gasteiger partial charge in [0.05, 0.1) is 45.1 Å². The molecule has 9 heteroatoms. The molecule has 0 radical (unpaired) electrons. The van der Waals surface area contributed by atoms with Crippen LogP contribution >= 0.6 is 15.9 Å². The molecule has 8 nitrogen and oxygen atoms in total. The van der Waals surface area contributed by atoms with Crippen molar-refractivity contribution in [3.63, 3.8) is 0 Å². The Hall–Kier alpha value is -2.94. The number of carbonyl (C=O) groups is 1. The summed E-state index contributed by atoms with van der Waals surface area (Å²) < 4.78 is 29.4. The molecule has 0 aromatic heterocycles. The molecule has 2 aromatic carbocycles. The summed E-state index contributed by atoms with van der Waals surface area (Å²) >= 11 is 3.69. The van der Waals surface area contributed by atoms with Crippen LogP contribution in [0.4, 0.5) is 0 Å². The van der Waals surface area contributed by atoms with Gasteiger partial charge in [0.1, 0.15) is 0 Å². The van der Waals surface area contributed by atoms with E-state index >= 15 is 0 Å². The summed E-state index contributed by atoms with van der Waals surface area (Å²) in [5.41, 5.74) is 2.62. The number of halogens is 1. The van der Waals surface area contributed by atoms with Gasteiger partial charge in [0.2, 0.25) is 22.8 Å². The Kier molecular flexibility index (Phi) is 8.30. The highest BCUT2D eigenvalue weighted by atomic mass is 79.9. The zero-order valence-electron chi connectivity index (χ0n) is 20.3. The molecule has 184 valence electrons. The van der Waals surface area contributed by atoms with Crippen molar-refractivity contribution < 1.29 is 28.5 Å². The second-order valence-electron chi connectivity index (χ2n) is 7.64. The average Bonchev–Trinajstić information content (AvgIpc) is 3.02. The third kappa shape index (κ3) is 4.66. The highest BCUT2D eigenvalue weighted by Gasteiger charge is 2.33. The molecule has 0 saturated heterocycles. The van der Waals surface area contributed by atoms with E-state index in [1.54, 1.807) is 27.2 Å². The summed E-state index contributed by atoms with van der Waals surface area (Å²) in [5, 5.41) is 2.99. The lowest BCUT2D eigenvalue weighted by molar-refractivity contribution is -0.119. The van der Waals surface area contributed by atoms with Crippen LogP contribution in [0.5, 0.6) is 28.7 Å². The van der Waals surface area contributed by atoms with Crippen LogP contribution in [0.25, 0.3) is 11.1 Å². The third-order valence-electron chi connectivity index (χ3n) is 5.63. The molecule has 1 N–H and O–H groups in total. The summed E-state index contributed by atoms with van der Waals surface area (Å²) in [6.07, 6.45) is 1.13. The van der Waals surface area contributed by atoms with E-state index in [0.29, 0.717) is 64.7 Å². The number of amides is 1. The number of carbonyl (C=O) groups excluding carboxylic acids is 1. The fraction of sp³-hybridized carbons (Fsp3) is 0.440. The summed E-state index contributed by atoms with van der Waals surface area (Å²) in [5.74, 6) is 1.62. The molecule has 1 aliphatic carbocycles. The van der Waals surface area contributed by atoms with Crippen molar-refractivity contribution in [3.05, 3.63) is 38.0 Å². The van der Waals surface area contributed by atoms with Gasteiger partial charge in [0.25, 0.3) is 0 Å². The van der Waals surface area contributed by atoms with E-state index in [9.17, 15) is 9.59 Å². The van der Waals surface area contributed by atoms with Crippen LogP contribution in [0.15, 0.2) is 21.4 Å². The summed E-state index contributed by atoms with van der Waals surface area (Å²) in [7, 11) is 4.65. The average molecular weight is 536 g/mol. The summed E-state index contributed by atoms with van der Waals surface area (Å²) in [6.45, 7) is 5.74. The van der Waals surface area contributed by atoms with Crippen LogP contribution in [0.1, 0.15) is 44.4 Å². The van der Waals surface area contributed by atoms with E-state index in [2.05, 4.69) is 21.2 Å². The minimum absolute atomic E-state index is 0.124. The topological polar surface area (TPSA) is 92.3 Å². The Labute approximate surface area is 207 Å².